The minimum Gasteiger partial charge on any atom is -0.348 e. The van der Waals surface area contributed by atoms with Gasteiger partial charge in [0.05, 0.1) is 12.7 Å². The molecule has 0 fully saturated rings. The van der Waals surface area contributed by atoms with Crippen LogP contribution >= 0.6 is 12.4 Å². The topological polar surface area (TPSA) is 57.4 Å². The summed E-state index contributed by atoms with van der Waals surface area (Å²) in [6, 6.07) is 15.2. The van der Waals surface area contributed by atoms with Gasteiger partial charge < -0.3 is 9.97 Å². The summed E-state index contributed by atoms with van der Waals surface area (Å²) in [5.41, 5.74) is 9.80. The van der Waals surface area contributed by atoms with E-state index in [1.165, 1.54) is 39.2 Å². The Balaban J connectivity index is 0.000000176. The zero-order chi connectivity index (χ0) is 21.8. The van der Waals surface area contributed by atoms with Crippen LogP contribution in [0.25, 0.3) is 0 Å². The molecule has 2 N–H and O–H groups in total. The first-order valence-corrected chi connectivity index (χ1v) is 11.1. The second-order valence-electron chi connectivity index (χ2n) is 8.74. The third kappa shape index (κ3) is 4.66. The highest BCUT2D eigenvalue weighted by molar-refractivity contribution is 5.85. The summed E-state index contributed by atoms with van der Waals surface area (Å²) < 4.78 is 0. The van der Waals surface area contributed by atoms with E-state index in [0.717, 1.165) is 19.3 Å². The third-order valence-electron chi connectivity index (χ3n) is 7.02. The van der Waals surface area contributed by atoms with Crippen molar-refractivity contribution in [2.45, 2.75) is 58.3 Å². The lowest BCUT2D eigenvalue weighted by molar-refractivity contribution is 0.424. The Morgan fingerprint density at radius 2 is 1.56 bits per heavy atom. The monoisotopic (exact) mass is 448 g/mol. The van der Waals surface area contributed by atoms with E-state index in [-0.39, 0.29) is 17.8 Å². The zero-order valence-electron chi connectivity index (χ0n) is 19.4. The van der Waals surface area contributed by atoms with Crippen LogP contribution in [-0.4, -0.2) is 19.9 Å². The smallest absolute Gasteiger partial charge is 0.0921 e. The Morgan fingerprint density at radius 1 is 0.906 bits per heavy atom. The van der Waals surface area contributed by atoms with Crippen LogP contribution < -0.4 is 0 Å². The maximum absolute atomic E-state index is 4.17. The van der Waals surface area contributed by atoms with Gasteiger partial charge in [0.2, 0.25) is 0 Å². The van der Waals surface area contributed by atoms with Crippen LogP contribution in [-0.2, 0) is 18.3 Å². The molecule has 0 bridgehead atoms. The summed E-state index contributed by atoms with van der Waals surface area (Å²) in [5.74, 6) is 0.382. The summed E-state index contributed by atoms with van der Waals surface area (Å²) in [7, 11) is 0. The molecule has 2 heterocycles. The molecule has 1 aliphatic carbocycles. The van der Waals surface area contributed by atoms with Gasteiger partial charge >= 0.3 is 0 Å². The number of hydrogen-bond acceptors (Lipinski definition) is 2. The van der Waals surface area contributed by atoms with Crippen LogP contribution in [0.3, 0.4) is 0 Å². The van der Waals surface area contributed by atoms with Crippen molar-refractivity contribution >= 4 is 12.4 Å². The van der Waals surface area contributed by atoms with Crippen molar-refractivity contribution in [2.75, 3.05) is 0 Å². The van der Waals surface area contributed by atoms with Gasteiger partial charge in [-0.25, -0.2) is 9.97 Å². The van der Waals surface area contributed by atoms with Gasteiger partial charge in [0, 0.05) is 35.1 Å². The first-order valence-electron chi connectivity index (χ1n) is 11.1. The summed E-state index contributed by atoms with van der Waals surface area (Å²) in [6.07, 6.45) is 10.8. The number of benzene rings is 2. The van der Waals surface area contributed by atoms with Crippen LogP contribution in [0.15, 0.2) is 67.5 Å². The SMILES string of the molecule is CCC1(c2cnc[nH]2)Cc2ccccc2C1.Cc1cccc(C(C)c2cnc[nH]2)c1C.Cl. The molecule has 5 heteroatoms. The fourth-order valence-corrected chi connectivity index (χ4v) is 4.78. The van der Waals surface area contributed by atoms with Gasteiger partial charge in [-0.2, -0.15) is 0 Å². The van der Waals surface area contributed by atoms with Crippen LogP contribution in [0.1, 0.15) is 65.4 Å². The summed E-state index contributed by atoms with van der Waals surface area (Å²) in [4.78, 5) is 14.7. The molecule has 5 rings (SSSR count). The molecule has 0 saturated carbocycles. The molecule has 2 aromatic heterocycles. The number of imidazole rings is 2. The predicted molar refractivity (Wildman–Crippen MR) is 134 cm³/mol. The van der Waals surface area contributed by atoms with Crippen molar-refractivity contribution in [2.24, 2.45) is 0 Å². The van der Waals surface area contributed by atoms with Crippen molar-refractivity contribution in [1.82, 2.24) is 19.9 Å². The van der Waals surface area contributed by atoms with E-state index in [0.29, 0.717) is 5.92 Å². The van der Waals surface area contributed by atoms with E-state index in [2.05, 4.69) is 90.1 Å². The molecule has 2 aromatic carbocycles. The lowest BCUT2D eigenvalue weighted by Crippen LogP contribution is -2.26. The standard InChI is InChI=1S/C14H16N2.C13H16N2.ClH/c1-2-14(13-9-15-10-16-13)7-11-5-3-4-6-12(11)8-14;1-9-5-4-6-12(10(9)2)11(3)13-7-14-8-15-13;/h3-6,9-10H,2,7-8H2,1H3,(H,15,16);4-8,11H,1-3H3,(H,14,15);1H. The number of rotatable bonds is 4. The maximum atomic E-state index is 4.17. The first-order chi connectivity index (χ1) is 15.0. The number of nitrogens with one attached hydrogen (secondary N) is 2. The van der Waals surface area contributed by atoms with E-state index in [1.807, 2.05) is 12.4 Å². The summed E-state index contributed by atoms with van der Waals surface area (Å²) in [6.45, 7) is 8.80. The van der Waals surface area contributed by atoms with Crippen molar-refractivity contribution < 1.29 is 0 Å². The number of halogens is 1. The van der Waals surface area contributed by atoms with Crippen molar-refractivity contribution in [3.8, 4) is 0 Å². The molecule has 4 nitrogen and oxygen atoms in total. The number of aromatic nitrogens is 4. The van der Waals surface area contributed by atoms with Crippen molar-refractivity contribution in [3.05, 3.63) is 107 Å². The average molecular weight is 449 g/mol. The number of aromatic amines is 2. The molecule has 0 spiro atoms. The highest BCUT2D eigenvalue weighted by atomic mass is 35.5. The number of H-pyrrole nitrogens is 2. The number of hydrogen-bond donors (Lipinski definition) is 2. The van der Waals surface area contributed by atoms with Crippen LogP contribution in [0.2, 0.25) is 0 Å². The molecular formula is C27H33ClN4. The summed E-state index contributed by atoms with van der Waals surface area (Å²) >= 11 is 0. The Bertz CT molecular complexity index is 1090. The van der Waals surface area contributed by atoms with E-state index in [9.17, 15) is 0 Å². The van der Waals surface area contributed by atoms with E-state index in [1.54, 1.807) is 12.7 Å². The number of fused-ring (bicyclic) bond motifs is 1. The fourth-order valence-electron chi connectivity index (χ4n) is 4.78. The zero-order valence-corrected chi connectivity index (χ0v) is 20.2. The van der Waals surface area contributed by atoms with Crippen LogP contribution in [0, 0.1) is 13.8 Å². The van der Waals surface area contributed by atoms with Gasteiger partial charge in [-0.3, -0.25) is 0 Å². The molecule has 0 aliphatic heterocycles. The second-order valence-corrected chi connectivity index (χ2v) is 8.74. The van der Waals surface area contributed by atoms with Gasteiger partial charge in [0.25, 0.3) is 0 Å². The Labute approximate surface area is 197 Å². The van der Waals surface area contributed by atoms with Gasteiger partial charge in [-0.1, -0.05) is 56.3 Å². The largest absolute Gasteiger partial charge is 0.348 e. The highest BCUT2D eigenvalue weighted by Crippen LogP contribution is 2.41. The Kier molecular flexibility index (Phi) is 7.57. The van der Waals surface area contributed by atoms with Crippen LogP contribution in [0.5, 0.6) is 0 Å². The van der Waals surface area contributed by atoms with Gasteiger partial charge in [-0.05, 0) is 60.9 Å². The molecule has 168 valence electrons. The minimum absolute atomic E-state index is 0. The quantitative estimate of drug-likeness (QED) is 0.376. The van der Waals surface area contributed by atoms with E-state index in [4.69, 9.17) is 0 Å². The van der Waals surface area contributed by atoms with Gasteiger partial charge in [-0.15, -0.1) is 12.4 Å². The lowest BCUT2D eigenvalue weighted by atomic mass is 9.79. The van der Waals surface area contributed by atoms with Gasteiger partial charge in [0.15, 0.2) is 0 Å². The summed E-state index contributed by atoms with van der Waals surface area (Å²) in [5, 5.41) is 0. The Hall–Kier alpha value is -2.85. The molecule has 1 aliphatic rings. The van der Waals surface area contributed by atoms with Crippen LogP contribution in [0.4, 0.5) is 0 Å². The predicted octanol–water partition coefficient (Wildman–Crippen LogP) is 6.46. The molecule has 4 aromatic rings. The van der Waals surface area contributed by atoms with Crippen molar-refractivity contribution in [3.63, 3.8) is 0 Å². The number of nitrogens with zero attached hydrogens (tertiary/aromatic N) is 2. The molecule has 1 unspecified atom stereocenters. The normalized spacial score (nSPS) is 14.6. The van der Waals surface area contributed by atoms with Gasteiger partial charge in [0.1, 0.15) is 0 Å². The number of aryl methyl sites for hydroxylation is 1. The third-order valence-corrected chi connectivity index (χ3v) is 7.02. The molecule has 1 atom stereocenters. The Morgan fingerprint density at radius 3 is 2.12 bits per heavy atom. The molecule has 32 heavy (non-hydrogen) atoms. The highest BCUT2D eigenvalue weighted by Gasteiger charge is 2.38. The molecular weight excluding hydrogens is 416 g/mol. The molecule has 0 saturated heterocycles. The molecule has 0 radical (unpaired) electrons. The minimum atomic E-state index is 0. The lowest BCUT2D eigenvalue weighted by Gasteiger charge is -2.25. The maximum Gasteiger partial charge on any atom is 0.0921 e. The van der Waals surface area contributed by atoms with E-state index >= 15 is 0 Å². The van der Waals surface area contributed by atoms with E-state index < -0.39 is 0 Å². The fraction of sp³-hybridized carbons (Fsp3) is 0.333. The van der Waals surface area contributed by atoms with Crippen molar-refractivity contribution in [1.29, 1.82) is 0 Å². The average Bonchev–Trinajstić information content (AvgIpc) is 3.56. The molecule has 0 amide bonds. The second kappa shape index (κ2) is 10.2. The first kappa shape index (κ1) is 23.8.